The van der Waals surface area contributed by atoms with Gasteiger partial charge in [0.2, 0.25) is 0 Å². The molecule has 2 heteroatoms. The minimum Gasteiger partial charge on any atom is -0.124 e. The van der Waals surface area contributed by atoms with Gasteiger partial charge in [-0.2, -0.15) is 0 Å². The van der Waals surface area contributed by atoms with Crippen molar-refractivity contribution in [1.82, 2.24) is 0 Å². The SMILES string of the molecule is CCCCC/C(Sc1ccccc1)=[C](/C)[Al]([CH2]C)[CH2]C. The minimum atomic E-state index is -0.678. The Morgan fingerprint density at radius 3 is 2.20 bits per heavy atom. The molecule has 1 aromatic rings. The Labute approximate surface area is 134 Å². The van der Waals surface area contributed by atoms with Crippen LogP contribution < -0.4 is 0 Å². The van der Waals surface area contributed by atoms with Gasteiger partial charge in [-0.25, -0.2) is 0 Å². The van der Waals surface area contributed by atoms with Crippen LogP contribution in [0.3, 0.4) is 0 Å². The predicted molar refractivity (Wildman–Crippen MR) is 95.9 cm³/mol. The Hall–Kier alpha value is -0.158. The number of allylic oxidation sites excluding steroid dienone is 2. The van der Waals surface area contributed by atoms with Crippen molar-refractivity contribution < 1.29 is 0 Å². The molecule has 0 aromatic heterocycles. The van der Waals surface area contributed by atoms with E-state index in [1.54, 1.807) is 9.34 Å². The van der Waals surface area contributed by atoms with E-state index in [0.717, 1.165) is 0 Å². The molecule has 0 heterocycles. The maximum atomic E-state index is 2.42. The summed E-state index contributed by atoms with van der Waals surface area (Å²) in [4.78, 5) is 3.07. The molecule has 0 bridgehead atoms. The first kappa shape index (κ1) is 17.9. The van der Waals surface area contributed by atoms with E-state index in [2.05, 4.69) is 58.0 Å². The molecule has 0 spiro atoms. The fourth-order valence-electron chi connectivity index (χ4n) is 2.62. The largest absolute Gasteiger partial charge is 0.299 e. The smallest absolute Gasteiger partial charge is 0.124 e. The van der Waals surface area contributed by atoms with Crippen molar-refractivity contribution in [2.75, 3.05) is 0 Å². The Bertz CT molecular complexity index is 393. The van der Waals surface area contributed by atoms with Crippen molar-refractivity contribution in [2.45, 2.75) is 68.8 Å². The summed E-state index contributed by atoms with van der Waals surface area (Å²) < 4.78 is 1.76. The lowest BCUT2D eigenvalue weighted by atomic mass is 10.2. The predicted octanol–water partition coefficient (Wildman–Crippen LogP) is 6.71. The van der Waals surface area contributed by atoms with Crippen LogP contribution in [-0.2, 0) is 0 Å². The van der Waals surface area contributed by atoms with Crippen LogP contribution in [0.2, 0.25) is 10.6 Å². The van der Waals surface area contributed by atoms with Gasteiger partial charge in [0.15, 0.2) is 0 Å². The topological polar surface area (TPSA) is 0 Å². The summed E-state index contributed by atoms with van der Waals surface area (Å²) in [6.07, 6.45) is 5.29. The molecular weight excluding hydrogens is 275 g/mol. The molecular formula is C18H29AlS. The van der Waals surface area contributed by atoms with Crippen molar-refractivity contribution in [1.29, 1.82) is 0 Å². The highest BCUT2D eigenvalue weighted by Crippen LogP contribution is 2.34. The Morgan fingerprint density at radius 2 is 1.65 bits per heavy atom. The van der Waals surface area contributed by atoms with Gasteiger partial charge < -0.3 is 0 Å². The molecule has 0 aliphatic rings. The third kappa shape index (κ3) is 6.08. The summed E-state index contributed by atoms with van der Waals surface area (Å²) in [6.45, 7) is 9.46. The van der Waals surface area contributed by atoms with E-state index in [4.69, 9.17) is 0 Å². The molecule has 0 fully saturated rings. The van der Waals surface area contributed by atoms with Gasteiger partial charge in [0.25, 0.3) is 14.1 Å². The zero-order valence-corrected chi connectivity index (χ0v) is 15.6. The van der Waals surface area contributed by atoms with Crippen LogP contribution in [0, 0.1) is 0 Å². The lowest BCUT2D eigenvalue weighted by molar-refractivity contribution is 0.724. The molecule has 20 heavy (non-hydrogen) atoms. The Morgan fingerprint density at radius 1 is 1.00 bits per heavy atom. The lowest BCUT2D eigenvalue weighted by Crippen LogP contribution is -2.13. The number of hydrogen-bond acceptors (Lipinski definition) is 1. The second kappa shape index (κ2) is 10.6. The number of benzene rings is 1. The summed E-state index contributed by atoms with van der Waals surface area (Å²) in [5.41, 5.74) is 0. The normalized spacial score (nSPS) is 12.2. The highest BCUT2D eigenvalue weighted by atomic mass is 32.2. The first-order valence-corrected chi connectivity index (χ1v) is 11.2. The van der Waals surface area contributed by atoms with Crippen LogP contribution in [0.25, 0.3) is 0 Å². The van der Waals surface area contributed by atoms with Gasteiger partial charge in [0, 0.05) is 4.90 Å². The van der Waals surface area contributed by atoms with Gasteiger partial charge in [-0.3, -0.25) is 0 Å². The fourth-order valence-corrected chi connectivity index (χ4v) is 6.69. The maximum Gasteiger partial charge on any atom is 0.299 e. The van der Waals surface area contributed by atoms with E-state index in [1.165, 1.54) is 41.1 Å². The highest BCUT2D eigenvalue weighted by Gasteiger charge is 2.18. The second-order valence-corrected chi connectivity index (χ2v) is 10.6. The molecule has 0 atom stereocenters. The van der Waals surface area contributed by atoms with Gasteiger partial charge in [-0.15, -0.1) is 4.44 Å². The second-order valence-electron chi connectivity index (χ2n) is 5.49. The van der Waals surface area contributed by atoms with Crippen LogP contribution in [-0.4, -0.2) is 14.1 Å². The van der Waals surface area contributed by atoms with Gasteiger partial charge in [0.1, 0.15) is 0 Å². The average molecular weight is 304 g/mol. The van der Waals surface area contributed by atoms with Crippen molar-refractivity contribution >= 4 is 25.9 Å². The van der Waals surface area contributed by atoms with Crippen molar-refractivity contribution in [3.63, 3.8) is 0 Å². The van der Waals surface area contributed by atoms with E-state index < -0.39 is 14.1 Å². The molecule has 1 rings (SSSR count). The van der Waals surface area contributed by atoms with Gasteiger partial charge >= 0.3 is 0 Å². The van der Waals surface area contributed by atoms with Crippen molar-refractivity contribution in [3.8, 4) is 0 Å². The number of hydrogen-bond donors (Lipinski definition) is 0. The fraction of sp³-hybridized carbons (Fsp3) is 0.556. The third-order valence-electron chi connectivity index (χ3n) is 4.03. The van der Waals surface area contributed by atoms with Crippen LogP contribution in [0.15, 0.2) is 44.6 Å². The molecule has 0 aliphatic heterocycles. The first-order valence-electron chi connectivity index (χ1n) is 8.15. The van der Waals surface area contributed by atoms with E-state index in [9.17, 15) is 0 Å². The molecule has 0 aliphatic carbocycles. The van der Waals surface area contributed by atoms with Crippen molar-refractivity contribution in [2.24, 2.45) is 0 Å². The van der Waals surface area contributed by atoms with Crippen LogP contribution in [0.4, 0.5) is 0 Å². The van der Waals surface area contributed by atoms with Crippen LogP contribution in [0.5, 0.6) is 0 Å². The maximum absolute atomic E-state index is 2.42. The average Bonchev–Trinajstić information content (AvgIpc) is 2.48. The zero-order valence-electron chi connectivity index (χ0n) is 13.6. The standard InChI is InChI=1S/C14H19S.2C2H5.Al/c1-3-5-7-10-13(4-2)15-14-11-8-6-9-12-14;2*1-2;/h6,8-9,11-12H,3,5,7,10H2,1-2H3;2*1H2,2H3;. The molecule has 0 N–H and O–H groups in total. The van der Waals surface area contributed by atoms with E-state index in [1.807, 2.05) is 11.8 Å². The quantitative estimate of drug-likeness (QED) is 0.277. The Balaban J connectivity index is 2.86. The molecule has 0 unspecified atom stereocenters. The first-order chi connectivity index (χ1) is 9.72. The van der Waals surface area contributed by atoms with Gasteiger partial charge in [0.05, 0.1) is 0 Å². The summed E-state index contributed by atoms with van der Waals surface area (Å²) >= 11 is 1.34. The van der Waals surface area contributed by atoms with E-state index in [-0.39, 0.29) is 0 Å². The monoisotopic (exact) mass is 304 g/mol. The molecule has 110 valence electrons. The highest BCUT2D eigenvalue weighted by molar-refractivity contribution is 8.03. The summed E-state index contributed by atoms with van der Waals surface area (Å²) in [5.74, 6) is 0. The molecule has 0 saturated heterocycles. The van der Waals surface area contributed by atoms with E-state index in [0.29, 0.717) is 0 Å². The minimum absolute atomic E-state index is 0.678. The zero-order chi connectivity index (χ0) is 14.8. The van der Waals surface area contributed by atoms with E-state index >= 15 is 0 Å². The number of unbranched alkanes of at least 4 members (excludes halogenated alkanes) is 2. The molecule has 0 saturated carbocycles. The molecule has 0 amide bonds. The number of rotatable bonds is 9. The molecule has 1 aromatic carbocycles. The Kier molecular flexibility index (Phi) is 9.44. The summed E-state index contributed by atoms with van der Waals surface area (Å²) in [6, 6.07) is 10.9. The molecule has 0 radical (unpaired) electrons. The third-order valence-corrected chi connectivity index (χ3v) is 9.06. The lowest BCUT2D eigenvalue weighted by Gasteiger charge is -2.16. The van der Waals surface area contributed by atoms with Gasteiger partial charge in [-0.1, -0.05) is 81.1 Å². The summed E-state index contributed by atoms with van der Waals surface area (Å²) in [7, 11) is 0. The van der Waals surface area contributed by atoms with Crippen LogP contribution in [0.1, 0.15) is 53.4 Å². The van der Waals surface area contributed by atoms with Crippen molar-refractivity contribution in [3.05, 3.63) is 39.7 Å². The summed E-state index contributed by atoms with van der Waals surface area (Å²) in [5, 5.41) is 2.80. The van der Waals surface area contributed by atoms with Gasteiger partial charge in [-0.05, 0) is 29.9 Å². The molecule has 0 nitrogen and oxygen atoms in total. The van der Waals surface area contributed by atoms with Crippen LogP contribution >= 0.6 is 11.8 Å². The number of thioether (sulfide) groups is 1.